The first-order chi connectivity index (χ1) is 20.4. The third kappa shape index (κ3) is 6.92. The molecule has 7 N–H and O–H groups in total. The van der Waals surface area contributed by atoms with Crippen molar-refractivity contribution in [3.8, 4) is 22.6 Å². The second kappa shape index (κ2) is 13.9. The van der Waals surface area contributed by atoms with E-state index in [1.54, 1.807) is 56.5 Å². The summed E-state index contributed by atoms with van der Waals surface area (Å²) in [5, 5.41) is 9.55. The molecule has 0 saturated heterocycles. The van der Waals surface area contributed by atoms with Crippen molar-refractivity contribution in [1.82, 2.24) is 10.7 Å². The van der Waals surface area contributed by atoms with Crippen LogP contribution < -0.4 is 48.1 Å². The Balaban J connectivity index is 1.50. The van der Waals surface area contributed by atoms with Gasteiger partial charge >= 0.3 is 0 Å². The predicted molar refractivity (Wildman–Crippen MR) is 161 cm³/mol. The van der Waals surface area contributed by atoms with Gasteiger partial charge in [-0.25, -0.2) is 5.84 Å². The van der Waals surface area contributed by atoms with Gasteiger partial charge in [0.05, 0.1) is 13.2 Å². The molecular weight excluding hydrogens is 540 g/mol. The van der Waals surface area contributed by atoms with Crippen molar-refractivity contribution in [1.29, 1.82) is 0 Å². The lowest BCUT2D eigenvalue weighted by molar-refractivity contribution is 0.0951. The van der Waals surface area contributed by atoms with Gasteiger partial charge in [0, 0.05) is 30.5 Å². The maximum atomic E-state index is 12.8. The normalized spacial score (nSPS) is 11.3. The number of nitrogens with zero attached hydrogens (tertiary/aromatic N) is 1. The van der Waals surface area contributed by atoms with Gasteiger partial charge in [0.25, 0.3) is 16.8 Å². The number of nitrogens with one attached hydrogen (secondary N) is 3. The lowest BCUT2D eigenvalue weighted by Gasteiger charge is -2.16. The van der Waals surface area contributed by atoms with Crippen molar-refractivity contribution in [2.24, 2.45) is 16.8 Å². The smallest absolute Gasteiger partial charge is 0.272 e. The van der Waals surface area contributed by atoms with Crippen LogP contribution in [0.5, 0.6) is 11.5 Å². The van der Waals surface area contributed by atoms with E-state index in [0.29, 0.717) is 42.1 Å². The van der Waals surface area contributed by atoms with Crippen molar-refractivity contribution in [2.45, 2.75) is 13.5 Å². The average Bonchev–Trinajstić information content (AvgIpc) is 3.02. The minimum atomic E-state index is -0.679. The van der Waals surface area contributed by atoms with Gasteiger partial charge in [-0.2, -0.15) is 5.10 Å². The summed E-state index contributed by atoms with van der Waals surface area (Å²) in [7, 11) is 1.62. The molecule has 0 saturated carbocycles. The minimum absolute atomic E-state index is 0.0131. The van der Waals surface area contributed by atoms with Gasteiger partial charge in [-0.1, -0.05) is 24.3 Å². The number of amides is 1. The molecule has 12 nitrogen and oxygen atoms in total. The Hall–Kier alpha value is -5.20. The summed E-state index contributed by atoms with van der Waals surface area (Å²) in [6.07, 6.45) is 0. The molecule has 4 aromatic carbocycles. The highest BCUT2D eigenvalue weighted by Gasteiger charge is 2.23. The number of carbonyl (C=O) groups excluding carboxylic acids is 1. The van der Waals surface area contributed by atoms with Gasteiger partial charge in [0.15, 0.2) is 11.6 Å². The molecule has 0 aromatic heterocycles. The standard InChI is InChI=1S/C30H32N6O6/c1-3-41-28-25(26(37)27(28)38)34-23-15-21(14-22(16-23)29(35-31)36-32)19-6-8-20(9-7-19)30(39)33-17-18-4-10-24(11-5-18)42-13-12-40-2/h4-11,14-16,34H,3,12-13,17,31-32H2,1-2H3,(H,33,39)(H,35,36). The first-order valence-electron chi connectivity index (χ1n) is 13.1. The Morgan fingerprint density at radius 1 is 0.881 bits per heavy atom. The van der Waals surface area contributed by atoms with Gasteiger partial charge < -0.3 is 36.1 Å². The van der Waals surface area contributed by atoms with Crippen LogP contribution in [0.3, 0.4) is 0 Å². The van der Waals surface area contributed by atoms with Crippen molar-refractivity contribution in [3.63, 3.8) is 0 Å². The summed E-state index contributed by atoms with van der Waals surface area (Å²) in [6, 6.07) is 19.7. The zero-order valence-corrected chi connectivity index (χ0v) is 23.2. The molecular formula is C30H32N6O6. The largest absolute Gasteiger partial charge is 0.491 e. The molecule has 0 spiro atoms. The van der Waals surface area contributed by atoms with Gasteiger partial charge in [-0.3, -0.25) is 14.4 Å². The number of hydrogen-bond acceptors (Lipinski definition) is 10. The molecule has 42 heavy (non-hydrogen) atoms. The van der Waals surface area contributed by atoms with Crippen LogP contribution in [-0.2, 0) is 11.3 Å². The van der Waals surface area contributed by atoms with Gasteiger partial charge in [-0.05, 0) is 66.1 Å². The van der Waals surface area contributed by atoms with Crippen LogP contribution in [0, 0.1) is 0 Å². The maximum absolute atomic E-state index is 12.8. The van der Waals surface area contributed by atoms with Crippen LogP contribution in [0.2, 0.25) is 0 Å². The van der Waals surface area contributed by atoms with Gasteiger partial charge in [0.1, 0.15) is 18.0 Å². The molecule has 0 bridgehead atoms. The van der Waals surface area contributed by atoms with Crippen LogP contribution in [0.1, 0.15) is 28.4 Å². The molecule has 0 unspecified atom stereocenters. The molecule has 0 aliphatic carbocycles. The van der Waals surface area contributed by atoms with Crippen LogP contribution in [0.25, 0.3) is 11.1 Å². The van der Waals surface area contributed by atoms with Crippen LogP contribution in [0.15, 0.2) is 81.4 Å². The summed E-state index contributed by atoms with van der Waals surface area (Å²) in [4.78, 5) is 36.9. The predicted octanol–water partition coefficient (Wildman–Crippen LogP) is 2.13. The second-order valence-electron chi connectivity index (χ2n) is 9.09. The van der Waals surface area contributed by atoms with Gasteiger partial charge in [-0.15, -0.1) is 0 Å². The van der Waals surface area contributed by atoms with Crippen molar-refractivity contribution in [3.05, 3.63) is 104 Å². The molecule has 0 heterocycles. The highest BCUT2D eigenvalue weighted by molar-refractivity contribution is 6.00. The van der Waals surface area contributed by atoms with Crippen LogP contribution >= 0.6 is 0 Å². The zero-order chi connectivity index (χ0) is 30.1. The number of methoxy groups -OCH3 is 1. The highest BCUT2D eigenvalue weighted by atomic mass is 16.5. The fraction of sp³-hybridized carbons (Fsp3) is 0.200. The van der Waals surface area contributed by atoms with Crippen LogP contribution in [-0.4, -0.2) is 38.7 Å². The zero-order valence-electron chi connectivity index (χ0n) is 23.2. The quantitative estimate of drug-likeness (QED) is 0.0398. The topological polar surface area (TPSA) is 179 Å². The number of anilines is 2. The van der Waals surface area contributed by atoms with E-state index in [4.69, 9.17) is 25.9 Å². The summed E-state index contributed by atoms with van der Waals surface area (Å²) < 4.78 is 15.8. The number of hydrazone groups is 1. The molecule has 0 radical (unpaired) electrons. The second-order valence-corrected chi connectivity index (χ2v) is 9.09. The Labute approximate surface area is 241 Å². The number of carbonyl (C=O) groups is 1. The fourth-order valence-electron chi connectivity index (χ4n) is 4.15. The Kier molecular flexibility index (Phi) is 9.87. The Bertz CT molecular complexity index is 1630. The molecule has 0 atom stereocenters. The van der Waals surface area contributed by atoms with E-state index in [0.717, 1.165) is 16.9 Å². The van der Waals surface area contributed by atoms with E-state index in [9.17, 15) is 14.4 Å². The van der Waals surface area contributed by atoms with E-state index >= 15 is 0 Å². The third-order valence-corrected chi connectivity index (χ3v) is 6.31. The first kappa shape index (κ1) is 29.8. The van der Waals surface area contributed by atoms with E-state index in [2.05, 4.69) is 21.2 Å². The number of hydrogen-bond donors (Lipinski definition) is 5. The van der Waals surface area contributed by atoms with E-state index < -0.39 is 10.9 Å². The maximum Gasteiger partial charge on any atom is 0.272 e. The van der Waals surface area contributed by atoms with Gasteiger partial charge in [0.2, 0.25) is 0 Å². The van der Waals surface area contributed by atoms with Crippen molar-refractivity contribution < 1.29 is 19.0 Å². The molecule has 1 amide bonds. The first-order valence-corrected chi connectivity index (χ1v) is 13.1. The fourth-order valence-corrected chi connectivity index (χ4v) is 4.15. The summed E-state index contributed by atoms with van der Waals surface area (Å²) in [5.41, 5.74) is 5.04. The number of benzene rings is 3. The van der Waals surface area contributed by atoms with E-state index in [1.807, 2.05) is 24.3 Å². The number of rotatable bonds is 13. The SMILES string of the molecule is CCOc1c(Nc2cc(/C(=N/N)NN)cc(-c3ccc(C(=O)NCc4ccc(OCCOC)cc4)cc3)c2)c(=O)c1=O. The van der Waals surface area contributed by atoms with Crippen molar-refractivity contribution >= 4 is 23.1 Å². The molecule has 0 fully saturated rings. The number of amidine groups is 1. The van der Waals surface area contributed by atoms with E-state index in [-0.39, 0.29) is 29.8 Å². The monoisotopic (exact) mass is 572 g/mol. The minimum Gasteiger partial charge on any atom is -0.491 e. The summed E-state index contributed by atoms with van der Waals surface area (Å²) in [5.74, 6) is 11.8. The number of ether oxygens (including phenoxy) is 3. The van der Waals surface area contributed by atoms with Crippen molar-refractivity contribution in [2.75, 3.05) is 32.2 Å². The Morgan fingerprint density at radius 3 is 2.26 bits per heavy atom. The lowest BCUT2D eigenvalue weighted by atomic mass is 9.99. The average molecular weight is 573 g/mol. The third-order valence-electron chi connectivity index (χ3n) is 6.31. The lowest BCUT2D eigenvalue weighted by Crippen LogP contribution is -2.35. The molecule has 0 aliphatic heterocycles. The summed E-state index contributed by atoms with van der Waals surface area (Å²) >= 11 is 0. The number of nitrogens with two attached hydrogens (primary N) is 2. The number of hydrazine groups is 1. The molecule has 12 heteroatoms. The molecule has 4 rings (SSSR count). The van der Waals surface area contributed by atoms with Crippen LogP contribution in [0.4, 0.5) is 11.4 Å². The molecule has 4 aromatic rings. The Morgan fingerprint density at radius 2 is 1.62 bits per heavy atom. The molecule has 0 aliphatic rings. The summed E-state index contributed by atoms with van der Waals surface area (Å²) in [6.45, 7) is 3.28. The highest BCUT2D eigenvalue weighted by Crippen LogP contribution is 2.29. The van der Waals surface area contributed by atoms with E-state index in [1.165, 1.54) is 0 Å². The molecule has 218 valence electrons.